The summed E-state index contributed by atoms with van der Waals surface area (Å²) in [5.41, 5.74) is 8.41. The van der Waals surface area contributed by atoms with Crippen molar-refractivity contribution in [3.63, 3.8) is 0 Å². The molecule has 0 unspecified atom stereocenters. The highest BCUT2D eigenvalue weighted by Crippen LogP contribution is 2.34. The zero-order valence-electron chi connectivity index (χ0n) is 15.1. The number of ether oxygens (including phenoxy) is 1. The number of halogens is 2. The van der Waals surface area contributed by atoms with Gasteiger partial charge in [0.25, 0.3) is 0 Å². The van der Waals surface area contributed by atoms with E-state index in [0.717, 1.165) is 61.8 Å². The van der Waals surface area contributed by atoms with E-state index in [1.54, 1.807) is 18.2 Å². The van der Waals surface area contributed by atoms with Crippen LogP contribution in [0.4, 0.5) is 0 Å². The lowest BCUT2D eigenvalue weighted by atomic mass is 9.96. The maximum absolute atomic E-state index is 11.3. The molecule has 27 heavy (non-hydrogen) atoms. The Morgan fingerprint density at radius 3 is 2.37 bits per heavy atom. The molecule has 1 aliphatic heterocycles. The molecule has 4 nitrogen and oxygen atoms in total. The number of amides is 1. The van der Waals surface area contributed by atoms with Crippen LogP contribution in [0.25, 0.3) is 11.1 Å². The summed E-state index contributed by atoms with van der Waals surface area (Å²) in [7, 11) is 0. The molecule has 1 saturated heterocycles. The Morgan fingerprint density at radius 1 is 1.07 bits per heavy atom. The van der Waals surface area contributed by atoms with Crippen LogP contribution in [0.15, 0.2) is 36.4 Å². The summed E-state index contributed by atoms with van der Waals surface area (Å²) in [6, 6.07) is 11.0. The SMILES string of the molecule is NC(=O)c1ccc(-c2ccc(CNCCC3CCOCC3)cc2Cl)c(Cl)c1. The number of hydrogen-bond acceptors (Lipinski definition) is 3. The first kappa shape index (κ1) is 20.2. The lowest BCUT2D eigenvalue weighted by Gasteiger charge is -2.21. The van der Waals surface area contributed by atoms with E-state index in [1.165, 1.54) is 6.42 Å². The normalized spacial score (nSPS) is 15.0. The second kappa shape index (κ2) is 9.56. The minimum absolute atomic E-state index is 0.380. The Bertz CT molecular complexity index is 805. The Hall–Kier alpha value is -1.59. The zero-order chi connectivity index (χ0) is 19.2. The van der Waals surface area contributed by atoms with E-state index in [9.17, 15) is 4.79 Å². The van der Waals surface area contributed by atoms with Crippen LogP contribution in [0.1, 0.15) is 35.2 Å². The number of nitrogens with two attached hydrogens (primary N) is 1. The highest BCUT2D eigenvalue weighted by atomic mass is 35.5. The minimum atomic E-state index is -0.503. The van der Waals surface area contributed by atoms with Crippen molar-refractivity contribution in [1.82, 2.24) is 5.32 Å². The minimum Gasteiger partial charge on any atom is -0.381 e. The zero-order valence-corrected chi connectivity index (χ0v) is 16.7. The first-order chi connectivity index (χ1) is 13.0. The smallest absolute Gasteiger partial charge is 0.248 e. The van der Waals surface area contributed by atoms with Gasteiger partial charge in [0.15, 0.2) is 0 Å². The third-order valence-electron chi connectivity index (χ3n) is 4.98. The second-order valence-electron chi connectivity index (χ2n) is 6.89. The van der Waals surface area contributed by atoms with Crippen molar-refractivity contribution in [2.45, 2.75) is 25.8 Å². The fourth-order valence-corrected chi connectivity index (χ4v) is 3.94. The second-order valence-corrected chi connectivity index (χ2v) is 7.71. The van der Waals surface area contributed by atoms with Crippen LogP contribution in [-0.4, -0.2) is 25.7 Å². The van der Waals surface area contributed by atoms with E-state index in [-0.39, 0.29) is 0 Å². The molecule has 144 valence electrons. The quantitative estimate of drug-likeness (QED) is 0.656. The molecular formula is C21H24Cl2N2O2. The van der Waals surface area contributed by atoms with Crippen LogP contribution in [0.3, 0.4) is 0 Å². The summed E-state index contributed by atoms with van der Waals surface area (Å²) in [5, 5.41) is 4.58. The Kier molecular flexibility index (Phi) is 7.13. The van der Waals surface area contributed by atoms with Crippen molar-refractivity contribution >= 4 is 29.1 Å². The molecule has 0 radical (unpaired) electrons. The Labute approximate surface area is 170 Å². The summed E-state index contributed by atoms with van der Waals surface area (Å²) in [5.74, 6) is 0.263. The maximum atomic E-state index is 11.3. The van der Waals surface area contributed by atoms with Gasteiger partial charge in [0.05, 0.1) is 0 Å². The summed E-state index contributed by atoms with van der Waals surface area (Å²) in [4.78, 5) is 11.3. The number of nitrogens with one attached hydrogen (secondary N) is 1. The average Bonchev–Trinajstić information content (AvgIpc) is 2.66. The Balaban J connectivity index is 1.59. The molecule has 6 heteroatoms. The number of rotatable bonds is 7. The van der Waals surface area contributed by atoms with Crippen LogP contribution in [0, 0.1) is 5.92 Å². The van der Waals surface area contributed by atoms with Crippen LogP contribution in [-0.2, 0) is 11.3 Å². The number of benzene rings is 2. The largest absolute Gasteiger partial charge is 0.381 e. The average molecular weight is 407 g/mol. The lowest BCUT2D eigenvalue weighted by Crippen LogP contribution is -2.22. The highest BCUT2D eigenvalue weighted by Gasteiger charge is 2.13. The van der Waals surface area contributed by atoms with Crippen molar-refractivity contribution in [2.75, 3.05) is 19.8 Å². The first-order valence-electron chi connectivity index (χ1n) is 9.21. The summed E-state index contributed by atoms with van der Waals surface area (Å²) < 4.78 is 5.40. The Morgan fingerprint density at radius 2 is 1.74 bits per heavy atom. The van der Waals surface area contributed by atoms with E-state index >= 15 is 0 Å². The van der Waals surface area contributed by atoms with Gasteiger partial charge < -0.3 is 15.8 Å². The molecule has 1 aliphatic rings. The number of hydrogen-bond donors (Lipinski definition) is 2. The molecular weight excluding hydrogens is 383 g/mol. The fourth-order valence-electron chi connectivity index (χ4n) is 3.35. The molecule has 0 saturated carbocycles. The number of carbonyl (C=O) groups is 1. The summed E-state index contributed by atoms with van der Waals surface area (Å²) in [6.45, 7) is 3.55. The van der Waals surface area contributed by atoms with Crippen LogP contribution < -0.4 is 11.1 Å². The van der Waals surface area contributed by atoms with Gasteiger partial charge in [-0.2, -0.15) is 0 Å². The standard InChI is InChI=1S/C21H24Cl2N2O2/c22-19-11-15(13-25-8-5-14-6-9-27-10-7-14)1-3-17(19)18-4-2-16(21(24)26)12-20(18)23/h1-4,11-12,14,25H,5-10,13H2,(H2,24,26). The molecule has 0 spiro atoms. The highest BCUT2D eigenvalue weighted by molar-refractivity contribution is 6.36. The fraction of sp³-hybridized carbons (Fsp3) is 0.381. The topological polar surface area (TPSA) is 64.4 Å². The lowest BCUT2D eigenvalue weighted by molar-refractivity contribution is 0.0639. The molecule has 2 aromatic carbocycles. The summed E-state index contributed by atoms with van der Waals surface area (Å²) >= 11 is 12.8. The van der Waals surface area contributed by atoms with E-state index in [4.69, 9.17) is 33.7 Å². The molecule has 3 N–H and O–H groups in total. The third kappa shape index (κ3) is 5.45. The van der Waals surface area contributed by atoms with E-state index < -0.39 is 5.91 Å². The van der Waals surface area contributed by atoms with Gasteiger partial charge in [-0.3, -0.25) is 4.79 Å². The van der Waals surface area contributed by atoms with Crippen molar-refractivity contribution < 1.29 is 9.53 Å². The van der Waals surface area contributed by atoms with Gasteiger partial charge in [0, 0.05) is 46.5 Å². The van der Waals surface area contributed by atoms with E-state index in [1.807, 2.05) is 18.2 Å². The molecule has 3 rings (SSSR count). The van der Waals surface area contributed by atoms with Crippen LogP contribution in [0.5, 0.6) is 0 Å². The van der Waals surface area contributed by atoms with Crippen molar-refractivity contribution in [2.24, 2.45) is 11.7 Å². The van der Waals surface area contributed by atoms with Gasteiger partial charge in [-0.15, -0.1) is 0 Å². The van der Waals surface area contributed by atoms with Gasteiger partial charge in [-0.05, 0) is 55.5 Å². The molecule has 0 aromatic heterocycles. The van der Waals surface area contributed by atoms with Crippen molar-refractivity contribution in [1.29, 1.82) is 0 Å². The molecule has 0 bridgehead atoms. The van der Waals surface area contributed by atoms with Crippen LogP contribution >= 0.6 is 23.2 Å². The molecule has 1 heterocycles. The molecule has 0 atom stereocenters. The van der Waals surface area contributed by atoms with Crippen LogP contribution in [0.2, 0.25) is 10.0 Å². The first-order valence-corrected chi connectivity index (χ1v) is 9.97. The monoisotopic (exact) mass is 406 g/mol. The molecule has 1 amide bonds. The third-order valence-corrected chi connectivity index (χ3v) is 5.60. The molecule has 1 fully saturated rings. The predicted octanol–water partition coefficient (Wildman–Crippen LogP) is 4.67. The number of carbonyl (C=O) groups excluding carboxylic acids is 1. The van der Waals surface area contributed by atoms with Crippen molar-refractivity contribution in [3.05, 3.63) is 57.6 Å². The molecule has 0 aliphatic carbocycles. The van der Waals surface area contributed by atoms with Gasteiger partial charge >= 0.3 is 0 Å². The van der Waals surface area contributed by atoms with Crippen molar-refractivity contribution in [3.8, 4) is 11.1 Å². The van der Waals surface area contributed by atoms with Gasteiger partial charge in [-0.25, -0.2) is 0 Å². The predicted molar refractivity (Wildman–Crippen MR) is 110 cm³/mol. The molecule has 2 aromatic rings. The van der Waals surface area contributed by atoms with E-state index in [0.29, 0.717) is 15.6 Å². The van der Waals surface area contributed by atoms with Gasteiger partial charge in [0.2, 0.25) is 5.91 Å². The van der Waals surface area contributed by atoms with E-state index in [2.05, 4.69) is 5.32 Å². The summed E-state index contributed by atoms with van der Waals surface area (Å²) in [6.07, 6.45) is 3.51. The van der Waals surface area contributed by atoms with Gasteiger partial charge in [0.1, 0.15) is 0 Å². The maximum Gasteiger partial charge on any atom is 0.248 e. The number of primary amides is 1. The van der Waals surface area contributed by atoms with Gasteiger partial charge in [-0.1, -0.05) is 41.4 Å².